The molecule has 1 aromatic rings. The van der Waals surface area contributed by atoms with E-state index in [1.807, 2.05) is 32.9 Å². The van der Waals surface area contributed by atoms with Gasteiger partial charge in [-0.25, -0.2) is 0 Å². The van der Waals surface area contributed by atoms with Gasteiger partial charge in [-0.2, -0.15) is 0 Å². The third kappa shape index (κ3) is 4.97. The van der Waals surface area contributed by atoms with Gasteiger partial charge in [0.2, 0.25) is 0 Å². The molecule has 4 nitrogen and oxygen atoms in total. The number of carbonyl (C=O) groups excluding carboxylic acids is 1. The Morgan fingerprint density at radius 1 is 1.13 bits per heavy atom. The highest BCUT2D eigenvalue weighted by molar-refractivity contribution is 6.06. The molecule has 1 aromatic carbocycles. The molecule has 0 amide bonds. The van der Waals surface area contributed by atoms with Crippen molar-refractivity contribution >= 4 is 5.78 Å². The Morgan fingerprint density at radius 2 is 1.83 bits per heavy atom. The van der Waals surface area contributed by atoms with Crippen molar-refractivity contribution in [2.75, 3.05) is 27.3 Å². The van der Waals surface area contributed by atoms with Crippen LogP contribution >= 0.6 is 0 Å². The van der Waals surface area contributed by atoms with Gasteiger partial charge < -0.3 is 9.47 Å². The van der Waals surface area contributed by atoms with E-state index in [1.54, 1.807) is 14.2 Å². The van der Waals surface area contributed by atoms with Crippen LogP contribution in [0.4, 0.5) is 0 Å². The molecule has 0 radical (unpaired) electrons. The fraction of sp³-hybridized carbons (Fsp3) is 0.577. The molecule has 4 heteroatoms. The maximum absolute atomic E-state index is 13.7. The number of rotatable bonds is 6. The van der Waals surface area contributed by atoms with Crippen molar-refractivity contribution in [2.45, 2.75) is 71.8 Å². The number of allylic oxidation sites excluding steroid dienone is 3. The van der Waals surface area contributed by atoms with Gasteiger partial charge >= 0.3 is 0 Å². The topological polar surface area (TPSA) is 38.8 Å². The highest BCUT2D eigenvalue weighted by atomic mass is 16.5. The minimum absolute atomic E-state index is 0.268. The molecule has 1 unspecified atom stereocenters. The van der Waals surface area contributed by atoms with Gasteiger partial charge in [0.15, 0.2) is 17.3 Å². The lowest BCUT2D eigenvalue weighted by Crippen LogP contribution is -2.59. The van der Waals surface area contributed by atoms with Gasteiger partial charge in [0, 0.05) is 12.1 Å². The van der Waals surface area contributed by atoms with Crippen LogP contribution in [0.15, 0.2) is 35.9 Å². The molecule has 0 aromatic heterocycles. The maximum atomic E-state index is 13.7. The van der Waals surface area contributed by atoms with Gasteiger partial charge in [-0.1, -0.05) is 37.6 Å². The highest BCUT2D eigenvalue weighted by Crippen LogP contribution is 2.43. The van der Waals surface area contributed by atoms with E-state index in [2.05, 4.69) is 30.1 Å². The van der Waals surface area contributed by atoms with Gasteiger partial charge in [-0.05, 0) is 76.6 Å². The summed E-state index contributed by atoms with van der Waals surface area (Å²) >= 11 is 0. The number of nitrogens with zero attached hydrogens (tertiary/aromatic N) is 1. The second-order valence-corrected chi connectivity index (χ2v) is 7.96. The molecule has 1 saturated heterocycles. The normalized spacial score (nSPS) is 21.9. The van der Waals surface area contributed by atoms with Crippen LogP contribution in [0, 0.1) is 0 Å². The second kappa shape index (κ2) is 11.4. The minimum Gasteiger partial charge on any atom is -0.493 e. The molecule has 30 heavy (non-hydrogen) atoms. The number of fused-ring (bicyclic) bond motifs is 1. The molecule has 1 aliphatic heterocycles. The van der Waals surface area contributed by atoms with E-state index in [0.717, 1.165) is 56.3 Å². The number of piperidine rings is 1. The van der Waals surface area contributed by atoms with Crippen molar-refractivity contribution in [3.05, 3.63) is 47.1 Å². The Balaban J connectivity index is 0.00000155. The standard InChI is InChI=1S/C24H33NO3.C2H6/c1-5-6-9-18(2)11-15-25-14-8-7-12-24(25)13-10-19-16-21(27-3)22(28-4)17-20(19)23(24)26;1-2/h5-6,9,16-17H,7-8,10-15H2,1-4H3;1-2H3/b6-5-,18-9+;. The number of Topliss-reactive ketones (excluding diaryl/α,β-unsaturated/α-hetero) is 1. The smallest absolute Gasteiger partial charge is 0.183 e. The zero-order chi connectivity index (χ0) is 22.1. The van der Waals surface area contributed by atoms with Crippen LogP contribution < -0.4 is 9.47 Å². The predicted molar refractivity (Wildman–Crippen MR) is 125 cm³/mol. The predicted octanol–water partition coefficient (Wildman–Crippen LogP) is 6.00. The van der Waals surface area contributed by atoms with Crippen molar-refractivity contribution in [3.8, 4) is 11.5 Å². The zero-order valence-corrected chi connectivity index (χ0v) is 19.7. The number of carbonyl (C=O) groups is 1. The van der Waals surface area contributed by atoms with Crippen LogP contribution in [0.1, 0.15) is 75.7 Å². The molecule has 1 aliphatic carbocycles. The number of likely N-dealkylation sites (tertiary alicyclic amines) is 1. The molecule has 1 fully saturated rings. The lowest BCUT2D eigenvalue weighted by atomic mass is 9.71. The van der Waals surface area contributed by atoms with Crippen LogP contribution in [-0.2, 0) is 6.42 Å². The van der Waals surface area contributed by atoms with Crippen molar-refractivity contribution in [2.24, 2.45) is 0 Å². The van der Waals surface area contributed by atoms with Gasteiger partial charge in [0.25, 0.3) is 0 Å². The van der Waals surface area contributed by atoms with Crippen LogP contribution in [0.25, 0.3) is 0 Å². The van der Waals surface area contributed by atoms with Gasteiger partial charge in [-0.3, -0.25) is 9.69 Å². The van der Waals surface area contributed by atoms with E-state index in [9.17, 15) is 4.79 Å². The lowest BCUT2D eigenvalue weighted by Gasteiger charge is -2.48. The Labute approximate surface area is 182 Å². The van der Waals surface area contributed by atoms with Crippen LogP contribution in [0.2, 0.25) is 0 Å². The first-order chi connectivity index (χ1) is 14.6. The van der Waals surface area contributed by atoms with E-state index in [4.69, 9.17) is 9.47 Å². The minimum atomic E-state index is -0.355. The van der Waals surface area contributed by atoms with Crippen molar-refractivity contribution in [3.63, 3.8) is 0 Å². The van der Waals surface area contributed by atoms with E-state index in [1.165, 1.54) is 12.0 Å². The molecule has 0 saturated carbocycles. The van der Waals surface area contributed by atoms with E-state index in [0.29, 0.717) is 11.5 Å². The zero-order valence-electron chi connectivity index (χ0n) is 19.7. The fourth-order valence-electron chi connectivity index (χ4n) is 4.66. The number of aryl methyl sites for hydroxylation is 1. The molecular weight excluding hydrogens is 374 g/mol. The van der Waals surface area contributed by atoms with Gasteiger partial charge in [0.1, 0.15) is 0 Å². The Hall–Kier alpha value is -2.07. The highest BCUT2D eigenvalue weighted by Gasteiger charge is 2.48. The Morgan fingerprint density at radius 3 is 2.50 bits per heavy atom. The fourth-order valence-corrected chi connectivity index (χ4v) is 4.66. The molecule has 0 bridgehead atoms. The van der Waals surface area contributed by atoms with Crippen LogP contribution in [0.5, 0.6) is 11.5 Å². The second-order valence-electron chi connectivity index (χ2n) is 7.96. The lowest BCUT2D eigenvalue weighted by molar-refractivity contribution is 0.0297. The molecule has 0 N–H and O–H groups in total. The number of benzene rings is 1. The van der Waals surface area contributed by atoms with Gasteiger partial charge in [-0.15, -0.1) is 0 Å². The summed E-state index contributed by atoms with van der Waals surface area (Å²) in [6.07, 6.45) is 12.4. The summed E-state index contributed by atoms with van der Waals surface area (Å²) in [5, 5.41) is 0. The largest absolute Gasteiger partial charge is 0.493 e. The van der Waals surface area contributed by atoms with Crippen LogP contribution in [0.3, 0.4) is 0 Å². The molecule has 2 aliphatic rings. The van der Waals surface area contributed by atoms with E-state index >= 15 is 0 Å². The summed E-state index contributed by atoms with van der Waals surface area (Å²) in [5.41, 5.74) is 2.90. The number of methoxy groups -OCH3 is 2. The number of hydrogen-bond acceptors (Lipinski definition) is 4. The van der Waals surface area contributed by atoms with E-state index < -0.39 is 0 Å². The summed E-state index contributed by atoms with van der Waals surface area (Å²) in [7, 11) is 3.27. The monoisotopic (exact) mass is 413 g/mol. The quantitative estimate of drug-likeness (QED) is 0.537. The summed E-state index contributed by atoms with van der Waals surface area (Å²) in [6, 6.07) is 3.87. The molecule has 1 heterocycles. The van der Waals surface area contributed by atoms with Crippen molar-refractivity contribution in [1.29, 1.82) is 0 Å². The average molecular weight is 414 g/mol. The van der Waals surface area contributed by atoms with Crippen molar-refractivity contribution < 1.29 is 14.3 Å². The summed E-state index contributed by atoms with van der Waals surface area (Å²) in [4.78, 5) is 16.2. The number of hydrogen-bond donors (Lipinski definition) is 0. The summed E-state index contributed by atoms with van der Waals surface area (Å²) in [5.74, 6) is 1.61. The molecule has 1 spiro atoms. The van der Waals surface area contributed by atoms with Gasteiger partial charge in [0.05, 0.1) is 19.8 Å². The Bertz CT molecular complexity index is 781. The number of ketones is 1. The first-order valence-electron chi connectivity index (χ1n) is 11.4. The SMILES string of the molecule is C/C=C\C=C(/C)CCN1CCCCC12CCc1cc(OC)c(OC)cc1C2=O.CC. The number of ether oxygens (including phenoxy) is 2. The first kappa shape index (κ1) is 24.2. The molecule has 1 atom stereocenters. The Kier molecular flexibility index (Phi) is 9.16. The molecule has 3 rings (SSSR count). The summed E-state index contributed by atoms with van der Waals surface area (Å²) in [6.45, 7) is 10.1. The third-order valence-electron chi connectivity index (χ3n) is 6.31. The maximum Gasteiger partial charge on any atom is 0.183 e. The molecule has 166 valence electrons. The van der Waals surface area contributed by atoms with Crippen LogP contribution in [-0.4, -0.2) is 43.5 Å². The third-order valence-corrected chi connectivity index (χ3v) is 6.31. The molecular formula is C26H39NO3. The van der Waals surface area contributed by atoms with E-state index in [-0.39, 0.29) is 11.3 Å². The van der Waals surface area contributed by atoms with Crippen molar-refractivity contribution in [1.82, 2.24) is 4.90 Å². The average Bonchev–Trinajstić information content (AvgIpc) is 2.80. The summed E-state index contributed by atoms with van der Waals surface area (Å²) < 4.78 is 10.9. The first-order valence-corrected chi connectivity index (χ1v) is 11.4.